The smallest absolute Gasteiger partial charge is 0.435 e. The number of amides is 1. The molecule has 1 saturated heterocycles. The van der Waals surface area contributed by atoms with Gasteiger partial charge in [0, 0.05) is 25.9 Å². The second kappa shape index (κ2) is 10.1. The number of carbonyl (C=O) groups is 2. The Kier molecular flexibility index (Phi) is 7.62. The fourth-order valence-corrected chi connectivity index (χ4v) is 4.64. The number of methoxy groups -OCH3 is 1. The number of imidazole rings is 1. The summed E-state index contributed by atoms with van der Waals surface area (Å²) >= 11 is 1.22. The summed E-state index contributed by atoms with van der Waals surface area (Å²) in [6.45, 7) is 6.16. The van der Waals surface area contributed by atoms with Gasteiger partial charge in [-0.15, -0.1) is 0 Å². The average molecular weight is 490 g/mol. The van der Waals surface area contributed by atoms with Gasteiger partial charge in [-0.3, -0.25) is 4.79 Å². The molecule has 2 aromatic heterocycles. The van der Waals surface area contributed by atoms with Gasteiger partial charge < -0.3 is 24.7 Å². The minimum atomic E-state index is -4.64. The van der Waals surface area contributed by atoms with Crippen LogP contribution in [0.4, 0.5) is 18.3 Å². The molecule has 9 nitrogen and oxygen atoms in total. The minimum Gasteiger partial charge on any atom is -0.462 e. The summed E-state index contributed by atoms with van der Waals surface area (Å²) in [5, 5.41) is 3.37. The van der Waals surface area contributed by atoms with Gasteiger partial charge in [-0.1, -0.05) is 18.3 Å². The molecule has 1 amide bonds. The first-order chi connectivity index (χ1) is 15.6. The summed E-state index contributed by atoms with van der Waals surface area (Å²) in [6, 6.07) is -0.436. The van der Waals surface area contributed by atoms with Gasteiger partial charge in [0.05, 0.1) is 24.4 Å². The average Bonchev–Trinajstić information content (AvgIpc) is 3.38. The maximum Gasteiger partial charge on any atom is 0.435 e. The Bertz CT molecular complexity index is 1010. The number of hydrogen-bond acceptors (Lipinski definition) is 8. The number of piperidine rings is 1. The summed E-state index contributed by atoms with van der Waals surface area (Å²) in [5.41, 5.74) is -0.644. The molecule has 1 aliphatic heterocycles. The number of anilines is 1. The molecule has 2 atom stereocenters. The van der Waals surface area contributed by atoms with Gasteiger partial charge in [-0.2, -0.15) is 13.2 Å². The molecule has 0 aromatic carbocycles. The van der Waals surface area contributed by atoms with Crippen LogP contribution in [0.5, 0.6) is 0 Å². The number of halogens is 3. The van der Waals surface area contributed by atoms with Crippen LogP contribution in [0.25, 0.3) is 0 Å². The van der Waals surface area contributed by atoms with Crippen LogP contribution in [0.3, 0.4) is 0 Å². The maximum absolute atomic E-state index is 13.1. The minimum absolute atomic E-state index is 0.0647. The van der Waals surface area contributed by atoms with E-state index in [0.717, 1.165) is 0 Å². The number of nitrogens with one attached hydrogen (secondary N) is 2. The fraction of sp³-hybridized carbons (Fsp3) is 0.600. The molecule has 0 bridgehead atoms. The number of aryl methyl sites for hydroxylation is 2. The SMILES string of the molecule is CCOC(=O)c1sc(N2CCC(NC(=O)c3nc(C(F)(F)F)c(CC)[nH]3)C(OC)C2)nc1C. The van der Waals surface area contributed by atoms with Crippen LogP contribution >= 0.6 is 11.3 Å². The number of thiazole rings is 1. The summed E-state index contributed by atoms with van der Waals surface area (Å²) < 4.78 is 50.0. The van der Waals surface area contributed by atoms with E-state index in [1.807, 2.05) is 4.90 Å². The monoisotopic (exact) mass is 489 g/mol. The van der Waals surface area contributed by atoms with E-state index in [0.29, 0.717) is 35.2 Å². The highest BCUT2D eigenvalue weighted by Gasteiger charge is 2.38. The zero-order valence-electron chi connectivity index (χ0n) is 18.7. The van der Waals surface area contributed by atoms with E-state index in [9.17, 15) is 22.8 Å². The number of nitrogens with zero attached hydrogens (tertiary/aromatic N) is 3. The third-order valence-corrected chi connectivity index (χ3v) is 6.51. The Labute approximate surface area is 192 Å². The number of ether oxygens (including phenoxy) is 2. The van der Waals surface area contributed by atoms with Crippen molar-refractivity contribution >= 4 is 28.3 Å². The van der Waals surface area contributed by atoms with Crippen LogP contribution in [0.1, 0.15) is 57.6 Å². The molecule has 0 radical (unpaired) electrons. The molecular weight excluding hydrogens is 463 g/mol. The zero-order chi connectivity index (χ0) is 24.3. The van der Waals surface area contributed by atoms with Crippen LogP contribution < -0.4 is 10.2 Å². The molecular formula is C20H26F3N5O4S. The molecule has 2 unspecified atom stereocenters. The predicted molar refractivity (Wildman–Crippen MR) is 115 cm³/mol. The van der Waals surface area contributed by atoms with Gasteiger partial charge in [0.2, 0.25) is 0 Å². The number of H-pyrrole nitrogens is 1. The highest BCUT2D eigenvalue weighted by molar-refractivity contribution is 7.17. The van der Waals surface area contributed by atoms with Crippen molar-refractivity contribution in [3.05, 3.63) is 27.8 Å². The lowest BCUT2D eigenvalue weighted by Gasteiger charge is -2.37. The van der Waals surface area contributed by atoms with Crippen molar-refractivity contribution in [2.24, 2.45) is 0 Å². The third kappa shape index (κ3) is 5.46. The van der Waals surface area contributed by atoms with Gasteiger partial charge in [-0.25, -0.2) is 14.8 Å². The molecule has 1 fully saturated rings. The molecule has 2 N–H and O–H groups in total. The van der Waals surface area contributed by atoms with Gasteiger partial charge in [0.1, 0.15) is 4.88 Å². The van der Waals surface area contributed by atoms with Crippen LogP contribution in [-0.2, 0) is 22.1 Å². The molecule has 13 heteroatoms. The number of aromatic nitrogens is 3. The molecule has 1 aliphatic rings. The number of hydrogen-bond donors (Lipinski definition) is 2. The number of alkyl halides is 3. The normalized spacial score (nSPS) is 18.9. The second-order valence-electron chi connectivity index (χ2n) is 7.48. The van der Waals surface area contributed by atoms with Crippen molar-refractivity contribution in [1.82, 2.24) is 20.3 Å². The largest absolute Gasteiger partial charge is 0.462 e. The second-order valence-corrected chi connectivity index (χ2v) is 8.46. The Morgan fingerprint density at radius 1 is 1.30 bits per heavy atom. The van der Waals surface area contributed by atoms with Crippen LogP contribution in [-0.4, -0.2) is 65.8 Å². The highest BCUT2D eigenvalue weighted by Crippen LogP contribution is 2.31. The van der Waals surface area contributed by atoms with Crippen molar-refractivity contribution < 1.29 is 32.2 Å². The van der Waals surface area contributed by atoms with Crippen molar-refractivity contribution in [3.63, 3.8) is 0 Å². The van der Waals surface area contributed by atoms with Crippen molar-refractivity contribution in [2.45, 2.75) is 51.9 Å². The molecule has 0 spiro atoms. The Balaban J connectivity index is 1.70. The van der Waals surface area contributed by atoms with E-state index in [1.54, 1.807) is 20.8 Å². The standard InChI is InChI=1S/C20H26F3N5O4S/c1-5-11-15(20(21,22)23)27-16(25-11)17(29)26-12-7-8-28(9-13(12)31-4)19-24-10(3)14(33-19)18(30)32-6-2/h12-13H,5-9H2,1-4H3,(H,25,27)(H,26,29). The van der Waals surface area contributed by atoms with Gasteiger partial charge in [-0.05, 0) is 26.7 Å². The molecule has 182 valence electrons. The molecule has 33 heavy (non-hydrogen) atoms. The summed E-state index contributed by atoms with van der Waals surface area (Å²) in [7, 11) is 1.49. The fourth-order valence-electron chi connectivity index (χ4n) is 3.64. The van der Waals surface area contributed by atoms with E-state index in [4.69, 9.17) is 9.47 Å². The number of aromatic amines is 1. The summed E-state index contributed by atoms with van der Waals surface area (Å²) in [4.78, 5) is 37.5. The number of carbonyl (C=O) groups excluding carboxylic acids is 2. The van der Waals surface area contributed by atoms with E-state index in [-0.39, 0.29) is 24.5 Å². The lowest BCUT2D eigenvalue weighted by Crippen LogP contribution is -2.55. The highest BCUT2D eigenvalue weighted by atomic mass is 32.1. The van der Waals surface area contributed by atoms with Gasteiger partial charge in [0.25, 0.3) is 5.91 Å². The van der Waals surface area contributed by atoms with Crippen molar-refractivity contribution in [2.75, 3.05) is 31.7 Å². The van der Waals surface area contributed by atoms with E-state index >= 15 is 0 Å². The summed E-state index contributed by atoms with van der Waals surface area (Å²) in [6.07, 6.45) is -4.56. The first-order valence-corrected chi connectivity index (χ1v) is 11.3. The van der Waals surface area contributed by atoms with Gasteiger partial charge in [0.15, 0.2) is 16.6 Å². The Morgan fingerprint density at radius 3 is 2.61 bits per heavy atom. The first-order valence-electron chi connectivity index (χ1n) is 10.5. The van der Waals surface area contributed by atoms with E-state index in [1.165, 1.54) is 18.4 Å². The number of rotatable bonds is 7. The quantitative estimate of drug-likeness (QED) is 0.576. The van der Waals surface area contributed by atoms with E-state index < -0.39 is 35.9 Å². The first kappa shape index (κ1) is 25.0. The van der Waals surface area contributed by atoms with Crippen molar-refractivity contribution in [3.8, 4) is 0 Å². The van der Waals surface area contributed by atoms with Crippen molar-refractivity contribution in [1.29, 1.82) is 0 Å². The molecule has 3 rings (SSSR count). The molecule has 0 saturated carbocycles. The van der Waals surface area contributed by atoms with Crippen LogP contribution in [0.15, 0.2) is 0 Å². The summed E-state index contributed by atoms with van der Waals surface area (Å²) in [5.74, 6) is -1.53. The van der Waals surface area contributed by atoms with Crippen LogP contribution in [0.2, 0.25) is 0 Å². The number of esters is 1. The predicted octanol–water partition coefficient (Wildman–Crippen LogP) is 2.96. The molecule has 0 aliphatic carbocycles. The van der Waals surface area contributed by atoms with E-state index in [2.05, 4.69) is 20.3 Å². The lowest BCUT2D eigenvalue weighted by atomic mass is 10.0. The molecule has 2 aromatic rings. The van der Waals surface area contributed by atoms with Gasteiger partial charge >= 0.3 is 12.1 Å². The Morgan fingerprint density at radius 2 is 2.03 bits per heavy atom. The lowest BCUT2D eigenvalue weighted by molar-refractivity contribution is -0.141. The van der Waals surface area contributed by atoms with Crippen LogP contribution in [0, 0.1) is 6.92 Å². The zero-order valence-corrected chi connectivity index (χ0v) is 19.5. The Hall–Kier alpha value is -2.67. The maximum atomic E-state index is 13.1. The third-order valence-electron chi connectivity index (χ3n) is 5.31. The topological polar surface area (TPSA) is 109 Å². The molecule has 3 heterocycles.